The van der Waals surface area contributed by atoms with Crippen LogP contribution in [-0.4, -0.2) is 22.1 Å². The predicted octanol–water partition coefficient (Wildman–Crippen LogP) is 2.94. The van der Waals surface area contributed by atoms with E-state index in [4.69, 9.17) is 4.74 Å². The van der Waals surface area contributed by atoms with E-state index in [-0.39, 0.29) is 0 Å². The molecule has 2 heterocycles. The van der Waals surface area contributed by atoms with Gasteiger partial charge in [-0.3, -0.25) is 4.98 Å². The van der Waals surface area contributed by atoms with Gasteiger partial charge < -0.3 is 9.72 Å². The van der Waals surface area contributed by atoms with Crippen LogP contribution in [-0.2, 0) is 0 Å². The fourth-order valence-corrected chi connectivity index (χ4v) is 1.98. The van der Waals surface area contributed by atoms with Crippen LogP contribution in [0.15, 0.2) is 36.5 Å². The number of hydrogen-bond acceptors (Lipinski definition) is 3. The molecule has 1 aromatic carbocycles. The smallest absolute Gasteiger partial charge is 0.140 e. The van der Waals surface area contributed by atoms with Crippen molar-refractivity contribution >= 4 is 11.0 Å². The molecule has 1 N–H and O–H groups in total. The fourth-order valence-electron chi connectivity index (χ4n) is 1.98. The summed E-state index contributed by atoms with van der Waals surface area (Å²) in [4.78, 5) is 12.1. The van der Waals surface area contributed by atoms with Gasteiger partial charge in [0.25, 0.3) is 0 Å². The molecule has 2 aromatic heterocycles. The molecule has 0 bridgehead atoms. The van der Waals surface area contributed by atoms with Crippen molar-refractivity contribution in [3.63, 3.8) is 0 Å². The Morgan fingerprint density at radius 3 is 2.89 bits per heavy atom. The number of ether oxygens (including phenoxy) is 1. The first kappa shape index (κ1) is 10.8. The van der Waals surface area contributed by atoms with Gasteiger partial charge in [-0.05, 0) is 31.2 Å². The second-order valence-electron chi connectivity index (χ2n) is 4.10. The molecule has 0 spiro atoms. The summed E-state index contributed by atoms with van der Waals surface area (Å²) in [6.07, 6.45) is 1.78. The van der Waals surface area contributed by atoms with Crippen LogP contribution in [0.2, 0.25) is 0 Å². The van der Waals surface area contributed by atoms with Gasteiger partial charge in [0.1, 0.15) is 11.6 Å². The molecule has 90 valence electrons. The van der Waals surface area contributed by atoms with Crippen molar-refractivity contribution in [3.05, 3.63) is 42.2 Å². The third-order valence-corrected chi connectivity index (χ3v) is 2.95. The van der Waals surface area contributed by atoms with Gasteiger partial charge in [0.2, 0.25) is 0 Å². The average Bonchev–Trinajstić information content (AvgIpc) is 2.81. The number of aryl methyl sites for hydroxylation is 1. The van der Waals surface area contributed by atoms with E-state index in [0.717, 1.165) is 33.9 Å². The SMILES string of the molecule is COc1ccc2nc(-c3cccnc3C)[nH]c2c1. The largest absolute Gasteiger partial charge is 0.497 e. The van der Waals surface area contributed by atoms with Crippen LogP contribution < -0.4 is 4.74 Å². The summed E-state index contributed by atoms with van der Waals surface area (Å²) in [7, 11) is 1.66. The van der Waals surface area contributed by atoms with Crippen LogP contribution in [0.1, 0.15) is 5.69 Å². The van der Waals surface area contributed by atoms with E-state index in [0.29, 0.717) is 0 Å². The summed E-state index contributed by atoms with van der Waals surface area (Å²) in [6.45, 7) is 1.98. The van der Waals surface area contributed by atoms with Crippen molar-refractivity contribution in [2.45, 2.75) is 6.92 Å². The molecule has 0 radical (unpaired) electrons. The van der Waals surface area contributed by atoms with Gasteiger partial charge in [-0.25, -0.2) is 4.98 Å². The Labute approximate surface area is 105 Å². The van der Waals surface area contributed by atoms with Gasteiger partial charge in [0.05, 0.1) is 18.1 Å². The molecule has 0 saturated heterocycles. The minimum Gasteiger partial charge on any atom is -0.497 e. The standard InChI is InChI=1S/C14H13N3O/c1-9-11(4-3-7-15-9)14-16-12-6-5-10(18-2)8-13(12)17-14/h3-8H,1-2H3,(H,16,17). The number of nitrogens with zero attached hydrogens (tertiary/aromatic N) is 2. The zero-order chi connectivity index (χ0) is 12.5. The topological polar surface area (TPSA) is 50.8 Å². The minimum atomic E-state index is 0.820. The second-order valence-corrected chi connectivity index (χ2v) is 4.10. The van der Waals surface area contributed by atoms with Crippen LogP contribution in [0, 0.1) is 6.92 Å². The molecule has 0 aliphatic heterocycles. The Bertz CT molecular complexity index is 703. The number of nitrogens with one attached hydrogen (secondary N) is 1. The van der Waals surface area contributed by atoms with E-state index in [1.807, 2.05) is 37.3 Å². The van der Waals surface area contributed by atoms with Crippen LogP contribution in [0.25, 0.3) is 22.4 Å². The van der Waals surface area contributed by atoms with Gasteiger partial charge >= 0.3 is 0 Å². The number of fused-ring (bicyclic) bond motifs is 1. The summed E-state index contributed by atoms with van der Waals surface area (Å²) in [5.74, 6) is 1.66. The maximum Gasteiger partial charge on any atom is 0.140 e. The van der Waals surface area contributed by atoms with E-state index in [1.54, 1.807) is 13.3 Å². The molecule has 0 amide bonds. The highest BCUT2D eigenvalue weighted by molar-refractivity contribution is 5.81. The lowest BCUT2D eigenvalue weighted by Gasteiger charge is -1.99. The van der Waals surface area contributed by atoms with Gasteiger partial charge in [0.15, 0.2) is 0 Å². The molecule has 18 heavy (non-hydrogen) atoms. The first-order valence-corrected chi connectivity index (χ1v) is 5.73. The molecule has 0 unspecified atom stereocenters. The van der Waals surface area contributed by atoms with E-state index in [2.05, 4.69) is 15.0 Å². The molecule has 0 aliphatic carbocycles. The third kappa shape index (κ3) is 1.72. The summed E-state index contributed by atoms with van der Waals surface area (Å²) < 4.78 is 5.20. The Morgan fingerprint density at radius 1 is 1.22 bits per heavy atom. The summed E-state index contributed by atoms with van der Waals surface area (Å²) >= 11 is 0. The summed E-state index contributed by atoms with van der Waals surface area (Å²) in [5, 5.41) is 0. The number of methoxy groups -OCH3 is 1. The molecule has 4 nitrogen and oxygen atoms in total. The second kappa shape index (κ2) is 4.14. The Hall–Kier alpha value is -2.36. The van der Waals surface area contributed by atoms with Crippen molar-refractivity contribution in [1.29, 1.82) is 0 Å². The maximum atomic E-state index is 5.20. The molecular formula is C14H13N3O. The van der Waals surface area contributed by atoms with Crippen molar-refractivity contribution in [1.82, 2.24) is 15.0 Å². The van der Waals surface area contributed by atoms with E-state index < -0.39 is 0 Å². The Balaban J connectivity index is 2.17. The number of rotatable bonds is 2. The zero-order valence-electron chi connectivity index (χ0n) is 10.3. The summed E-state index contributed by atoms with van der Waals surface area (Å²) in [5.41, 5.74) is 3.87. The summed E-state index contributed by atoms with van der Waals surface area (Å²) in [6, 6.07) is 9.72. The molecule has 3 aromatic rings. The maximum absolute atomic E-state index is 5.20. The lowest BCUT2D eigenvalue weighted by atomic mass is 10.2. The number of imidazole rings is 1. The lowest BCUT2D eigenvalue weighted by Crippen LogP contribution is -1.87. The molecular weight excluding hydrogens is 226 g/mol. The van der Waals surface area contributed by atoms with Crippen LogP contribution in [0.4, 0.5) is 0 Å². The van der Waals surface area contributed by atoms with Crippen molar-refractivity contribution in [2.24, 2.45) is 0 Å². The number of pyridine rings is 1. The quantitative estimate of drug-likeness (QED) is 0.748. The van der Waals surface area contributed by atoms with Gasteiger partial charge in [0, 0.05) is 23.5 Å². The number of aromatic nitrogens is 3. The molecule has 0 saturated carbocycles. The minimum absolute atomic E-state index is 0.820. The normalized spacial score (nSPS) is 10.8. The van der Waals surface area contributed by atoms with E-state index >= 15 is 0 Å². The predicted molar refractivity (Wildman–Crippen MR) is 70.6 cm³/mol. The number of hydrogen-bond donors (Lipinski definition) is 1. The third-order valence-electron chi connectivity index (χ3n) is 2.95. The molecule has 0 atom stereocenters. The van der Waals surface area contributed by atoms with Crippen molar-refractivity contribution in [2.75, 3.05) is 7.11 Å². The molecule has 0 fully saturated rings. The zero-order valence-corrected chi connectivity index (χ0v) is 10.3. The highest BCUT2D eigenvalue weighted by Gasteiger charge is 2.08. The monoisotopic (exact) mass is 239 g/mol. The highest BCUT2D eigenvalue weighted by atomic mass is 16.5. The van der Waals surface area contributed by atoms with Gasteiger partial charge in [-0.1, -0.05) is 0 Å². The Morgan fingerprint density at radius 2 is 2.11 bits per heavy atom. The van der Waals surface area contributed by atoms with Crippen molar-refractivity contribution in [3.8, 4) is 17.1 Å². The van der Waals surface area contributed by atoms with Crippen molar-refractivity contribution < 1.29 is 4.74 Å². The highest BCUT2D eigenvalue weighted by Crippen LogP contribution is 2.24. The van der Waals surface area contributed by atoms with Crippen LogP contribution >= 0.6 is 0 Å². The first-order valence-electron chi connectivity index (χ1n) is 5.73. The van der Waals surface area contributed by atoms with E-state index in [1.165, 1.54) is 0 Å². The Kier molecular flexibility index (Phi) is 2.48. The first-order chi connectivity index (χ1) is 8.78. The molecule has 4 heteroatoms. The fraction of sp³-hybridized carbons (Fsp3) is 0.143. The van der Waals surface area contributed by atoms with Crippen LogP contribution in [0.5, 0.6) is 5.75 Å². The molecule has 3 rings (SSSR count). The van der Waals surface area contributed by atoms with Gasteiger partial charge in [-0.15, -0.1) is 0 Å². The molecule has 0 aliphatic rings. The lowest BCUT2D eigenvalue weighted by molar-refractivity contribution is 0.415. The number of H-pyrrole nitrogens is 1. The number of aromatic amines is 1. The van der Waals surface area contributed by atoms with Crippen LogP contribution in [0.3, 0.4) is 0 Å². The van der Waals surface area contributed by atoms with E-state index in [9.17, 15) is 0 Å². The van der Waals surface area contributed by atoms with Gasteiger partial charge in [-0.2, -0.15) is 0 Å². The number of benzene rings is 1. The average molecular weight is 239 g/mol.